The van der Waals surface area contributed by atoms with E-state index in [1.165, 1.54) is 6.07 Å². The molecule has 1 N–H and O–H groups in total. The number of hydrogen-bond donors (Lipinski definition) is 1. The Morgan fingerprint density at radius 2 is 1.90 bits per heavy atom. The number of rotatable bonds is 5. The summed E-state index contributed by atoms with van der Waals surface area (Å²) in [5, 5.41) is 2.71. The normalized spacial score (nSPS) is 10.2. The van der Waals surface area contributed by atoms with E-state index in [0.29, 0.717) is 12.3 Å². The van der Waals surface area contributed by atoms with E-state index in [-0.39, 0.29) is 18.3 Å². The van der Waals surface area contributed by atoms with Crippen molar-refractivity contribution in [2.45, 2.75) is 20.4 Å². The lowest BCUT2D eigenvalue weighted by atomic mass is 10.1. The van der Waals surface area contributed by atoms with Gasteiger partial charge in [0.25, 0.3) is 5.91 Å². The van der Waals surface area contributed by atoms with E-state index in [9.17, 15) is 9.59 Å². The Bertz CT molecular complexity index is 645. The average Bonchev–Trinajstić information content (AvgIpc) is 2.90. The Labute approximate surface area is 122 Å². The minimum Gasteiger partial charge on any atom is -0.454 e. The van der Waals surface area contributed by atoms with Crippen LogP contribution in [0.1, 0.15) is 27.4 Å². The van der Waals surface area contributed by atoms with Crippen molar-refractivity contribution < 1.29 is 18.7 Å². The van der Waals surface area contributed by atoms with E-state index in [2.05, 4.69) is 5.32 Å². The summed E-state index contributed by atoms with van der Waals surface area (Å²) in [5.74, 6) is -0.283. The first kappa shape index (κ1) is 14.8. The molecule has 0 aliphatic carbocycles. The molecule has 0 aliphatic heterocycles. The van der Waals surface area contributed by atoms with Crippen molar-refractivity contribution in [2.75, 3.05) is 6.61 Å². The zero-order valence-electron chi connectivity index (χ0n) is 12.0. The maximum absolute atomic E-state index is 11.6. The molecule has 1 aromatic carbocycles. The van der Waals surface area contributed by atoms with Crippen LogP contribution in [-0.2, 0) is 16.1 Å². The van der Waals surface area contributed by atoms with Gasteiger partial charge in [0.1, 0.15) is 5.76 Å². The van der Waals surface area contributed by atoms with Crippen LogP contribution in [0.3, 0.4) is 0 Å². The number of amides is 1. The zero-order chi connectivity index (χ0) is 15.2. The van der Waals surface area contributed by atoms with E-state index in [0.717, 1.165) is 11.1 Å². The third kappa shape index (κ3) is 4.21. The van der Waals surface area contributed by atoms with Crippen LogP contribution >= 0.6 is 0 Å². The number of nitrogens with one attached hydrogen (secondary N) is 1. The van der Waals surface area contributed by atoms with Crippen LogP contribution in [0.5, 0.6) is 0 Å². The summed E-state index contributed by atoms with van der Waals surface area (Å²) in [7, 11) is 0. The first-order valence-electron chi connectivity index (χ1n) is 6.61. The quantitative estimate of drug-likeness (QED) is 0.857. The molecule has 0 unspecified atom stereocenters. The largest absolute Gasteiger partial charge is 0.454 e. The van der Waals surface area contributed by atoms with E-state index in [4.69, 9.17) is 9.15 Å². The number of aryl methyl sites for hydroxylation is 2. The van der Waals surface area contributed by atoms with Gasteiger partial charge in [0.2, 0.25) is 5.76 Å². The van der Waals surface area contributed by atoms with Crippen molar-refractivity contribution in [3.63, 3.8) is 0 Å². The summed E-state index contributed by atoms with van der Waals surface area (Å²) < 4.78 is 9.99. The second-order valence-corrected chi connectivity index (χ2v) is 4.69. The predicted molar refractivity (Wildman–Crippen MR) is 76.8 cm³/mol. The summed E-state index contributed by atoms with van der Waals surface area (Å²) in [6.07, 6.45) is 0. The first-order chi connectivity index (χ1) is 10.1. The zero-order valence-corrected chi connectivity index (χ0v) is 12.0. The fourth-order valence-electron chi connectivity index (χ4n) is 1.80. The van der Waals surface area contributed by atoms with Crippen LogP contribution in [-0.4, -0.2) is 18.5 Å². The topological polar surface area (TPSA) is 68.5 Å². The Balaban J connectivity index is 1.78. The molecular formula is C16H17NO4. The lowest BCUT2D eigenvalue weighted by molar-refractivity contribution is -0.124. The summed E-state index contributed by atoms with van der Waals surface area (Å²) in [6.45, 7) is 3.78. The molecule has 0 spiro atoms. The minimum absolute atomic E-state index is 0.0965. The Morgan fingerprint density at radius 1 is 1.14 bits per heavy atom. The van der Waals surface area contributed by atoms with Gasteiger partial charge in [-0.25, -0.2) is 4.79 Å². The molecule has 0 saturated heterocycles. The van der Waals surface area contributed by atoms with E-state index >= 15 is 0 Å². The van der Waals surface area contributed by atoms with Crippen molar-refractivity contribution in [2.24, 2.45) is 0 Å². The highest BCUT2D eigenvalue weighted by atomic mass is 16.5. The van der Waals surface area contributed by atoms with Crippen molar-refractivity contribution in [1.82, 2.24) is 5.32 Å². The van der Waals surface area contributed by atoms with Crippen LogP contribution in [0, 0.1) is 13.8 Å². The Hall–Kier alpha value is -2.56. The van der Waals surface area contributed by atoms with Crippen LogP contribution in [0.2, 0.25) is 0 Å². The highest BCUT2D eigenvalue weighted by Crippen LogP contribution is 2.08. The smallest absolute Gasteiger partial charge is 0.374 e. The number of benzene rings is 1. The molecule has 1 aromatic heterocycles. The number of carbonyl (C=O) groups excluding carboxylic acids is 2. The maximum atomic E-state index is 11.6. The molecule has 1 amide bonds. The molecule has 110 valence electrons. The van der Waals surface area contributed by atoms with Gasteiger partial charge in [-0.2, -0.15) is 0 Å². The lowest BCUT2D eigenvalue weighted by Gasteiger charge is -2.08. The van der Waals surface area contributed by atoms with Gasteiger partial charge in [0.05, 0.1) is 0 Å². The number of ether oxygens (including phenoxy) is 1. The van der Waals surface area contributed by atoms with Gasteiger partial charge < -0.3 is 14.5 Å². The van der Waals surface area contributed by atoms with E-state index < -0.39 is 5.97 Å². The first-order valence-corrected chi connectivity index (χ1v) is 6.61. The summed E-state index contributed by atoms with van der Waals surface area (Å²) in [4.78, 5) is 23.2. The van der Waals surface area contributed by atoms with E-state index in [1.54, 1.807) is 13.0 Å². The molecule has 21 heavy (non-hydrogen) atoms. The summed E-state index contributed by atoms with van der Waals surface area (Å²) >= 11 is 0. The molecule has 0 bridgehead atoms. The van der Waals surface area contributed by atoms with Crippen molar-refractivity contribution in [1.29, 1.82) is 0 Å². The molecule has 2 aromatic rings. The van der Waals surface area contributed by atoms with Gasteiger partial charge in [-0.15, -0.1) is 0 Å². The third-order valence-corrected chi connectivity index (χ3v) is 3.01. The van der Waals surface area contributed by atoms with Gasteiger partial charge >= 0.3 is 5.97 Å². The minimum atomic E-state index is -0.644. The highest BCUT2D eigenvalue weighted by Gasteiger charge is 2.13. The molecule has 0 radical (unpaired) electrons. The second-order valence-electron chi connectivity index (χ2n) is 4.69. The van der Waals surface area contributed by atoms with Crippen LogP contribution < -0.4 is 5.32 Å². The highest BCUT2D eigenvalue weighted by molar-refractivity contribution is 5.88. The number of hydrogen-bond acceptors (Lipinski definition) is 4. The number of furan rings is 1. The number of carbonyl (C=O) groups is 2. The molecular weight excluding hydrogens is 270 g/mol. The molecule has 0 fully saturated rings. The average molecular weight is 287 g/mol. The molecule has 0 atom stereocenters. The van der Waals surface area contributed by atoms with Crippen LogP contribution in [0.4, 0.5) is 0 Å². The molecule has 0 aliphatic rings. The van der Waals surface area contributed by atoms with Gasteiger partial charge in [-0.3, -0.25) is 4.79 Å². The Morgan fingerprint density at radius 3 is 2.57 bits per heavy atom. The third-order valence-electron chi connectivity index (χ3n) is 3.01. The van der Waals surface area contributed by atoms with Crippen molar-refractivity contribution >= 4 is 11.9 Å². The lowest BCUT2D eigenvalue weighted by Crippen LogP contribution is -2.28. The van der Waals surface area contributed by atoms with Gasteiger partial charge in [0.15, 0.2) is 6.61 Å². The number of esters is 1. The van der Waals surface area contributed by atoms with Gasteiger partial charge in [-0.1, -0.05) is 24.3 Å². The van der Waals surface area contributed by atoms with Crippen molar-refractivity contribution in [3.05, 3.63) is 59.0 Å². The van der Waals surface area contributed by atoms with E-state index in [1.807, 2.05) is 31.2 Å². The van der Waals surface area contributed by atoms with Crippen LogP contribution in [0.25, 0.3) is 0 Å². The second kappa shape index (κ2) is 6.74. The Kier molecular flexibility index (Phi) is 4.77. The van der Waals surface area contributed by atoms with Gasteiger partial charge in [0, 0.05) is 6.54 Å². The molecule has 0 saturated carbocycles. The fourth-order valence-corrected chi connectivity index (χ4v) is 1.80. The van der Waals surface area contributed by atoms with Gasteiger partial charge in [-0.05, 0) is 37.1 Å². The maximum Gasteiger partial charge on any atom is 0.374 e. The summed E-state index contributed by atoms with van der Waals surface area (Å²) in [6, 6.07) is 10.9. The fraction of sp³-hybridized carbons (Fsp3) is 0.250. The SMILES string of the molecule is Cc1ccc(C(=O)OCC(=O)NCc2ccccc2C)o1. The van der Waals surface area contributed by atoms with Crippen molar-refractivity contribution in [3.8, 4) is 0 Å². The monoisotopic (exact) mass is 287 g/mol. The molecule has 5 heteroatoms. The predicted octanol–water partition coefficient (Wildman–Crippen LogP) is 2.37. The molecule has 5 nitrogen and oxygen atoms in total. The summed E-state index contributed by atoms with van der Waals surface area (Å²) in [5.41, 5.74) is 2.12. The molecule has 1 heterocycles. The standard InChI is InChI=1S/C16H17NO4/c1-11-5-3-4-6-13(11)9-17-15(18)10-20-16(19)14-8-7-12(2)21-14/h3-8H,9-10H2,1-2H3,(H,17,18). The van der Waals surface area contributed by atoms with Crippen LogP contribution in [0.15, 0.2) is 40.8 Å². The molecule has 2 rings (SSSR count).